The summed E-state index contributed by atoms with van der Waals surface area (Å²) < 4.78 is 70.1. The fraction of sp³-hybridized carbons (Fsp3) is 0.904. The molecule has 2 unspecified atom stereocenters. The van der Waals surface area contributed by atoms with Crippen LogP contribution in [0.1, 0.15) is 340 Å². The largest absolute Gasteiger partial charge is 1.00 e. The molecule has 6 N–H and O–H groups in total. The molecule has 27 heteroatoms. The molecule has 23 nitrogen and oxygen atoms in total. The molecule has 0 heterocycles. The molecule has 100 heavy (non-hydrogen) atoms. The van der Waals surface area contributed by atoms with Gasteiger partial charge in [0.05, 0.1) is 77.8 Å². The van der Waals surface area contributed by atoms with E-state index < -0.39 is 78.0 Å². The summed E-state index contributed by atoms with van der Waals surface area (Å²) in [6, 6.07) is -2.73. The zero-order valence-corrected chi connectivity index (χ0v) is 69.9. The Labute approximate surface area is 652 Å². The molecule has 0 saturated carbocycles. The molecule has 0 aliphatic heterocycles. The number of hydrogen-bond acceptors (Lipinski definition) is 17. The van der Waals surface area contributed by atoms with Crippen LogP contribution in [0.25, 0.3) is 0 Å². The summed E-state index contributed by atoms with van der Waals surface area (Å²) in [5.74, 6) is -2.29. The van der Waals surface area contributed by atoms with Crippen molar-refractivity contribution in [3.8, 4) is 0 Å². The van der Waals surface area contributed by atoms with Gasteiger partial charge in [0.25, 0.3) is 0 Å². The predicted octanol–water partition coefficient (Wildman–Crippen LogP) is 10.8. The molecule has 0 aromatic heterocycles. The Morgan fingerprint density at radius 2 is 0.670 bits per heavy atom. The molecule has 0 rings (SSSR count). The van der Waals surface area contributed by atoms with Gasteiger partial charge in [-0.2, -0.15) is 0 Å². The smallest absolute Gasteiger partial charge is 1.00 e. The number of nitrogens with one attached hydrogen (secondary N) is 4. The van der Waals surface area contributed by atoms with E-state index in [9.17, 15) is 52.5 Å². The Morgan fingerprint density at radius 1 is 0.370 bits per heavy atom. The van der Waals surface area contributed by atoms with Crippen LogP contribution in [0.5, 0.6) is 0 Å². The molecule has 0 fully saturated rings. The van der Waals surface area contributed by atoms with Crippen molar-refractivity contribution in [2.75, 3.05) is 65.9 Å². The number of urea groups is 1. The van der Waals surface area contributed by atoms with Gasteiger partial charge in [0, 0.05) is 52.1 Å². The Kier molecular flexibility index (Phi) is 75.2. The standard InChI is InChI=1S/C73H140N4O19P2.2Na.2H/c1-7-12-17-22-25-28-31-36-39-44-66(79)57-70(81)76-64(59-89-53-49-68(95-63(6)78)46-41-34-20-15-10-4)61-93-97(85,86)91-55-51-74-73(84)75-52-56-92-98(87,88)94-62-65(77-71(82)58-67(80)45-40-37-32-29-26-23-18-13-8-2)60-90-54-50-69(47-42-35-21-16-11-5)96-72(83)48-43-38-33-30-27-24-19-14-9-3;;;;/h64-65,68-69H,7-62H2,1-6H3,(H,76,81)(H,77,82)(H,85,86)(H,87,88)(H2,74,75,84);;;;/q;2*+1;2*-1/t64-,65-,68-,69-;;;;/m1..../s1. The summed E-state index contributed by atoms with van der Waals surface area (Å²) in [7, 11) is -9.57. The summed E-state index contributed by atoms with van der Waals surface area (Å²) in [5.41, 5.74) is 0. The zero-order chi connectivity index (χ0) is 72.4. The van der Waals surface area contributed by atoms with Crippen LogP contribution < -0.4 is 80.4 Å². The number of rotatable bonds is 74. The summed E-state index contributed by atoms with van der Waals surface area (Å²) >= 11 is 0. The van der Waals surface area contributed by atoms with Crippen molar-refractivity contribution in [2.24, 2.45) is 0 Å². The third-order valence-electron chi connectivity index (χ3n) is 16.9. The van der Waals surface area contributed by atoms with Gasteiger partial charge in [0.2, 0.25) is 11.8 Å². The van der Waals surface area contributed by atoms with Crippen molar-refractivity contribution >= 4 is 57.0 Å². The number of carbonyl (C=O) groups excluding carboxylic acids is 7. The van der Waals surface area contributed by atoms with E-state index in [4.69, 9.17) is 37.0 Å². The van der Waals surface area contributed by atoms with Gasteiger partial charge < -0.3 is 52.9 Å². The fourth-order valence-corrected chi connectivity index (χ4v) is 12.7. The van der Waals surface area contributed by atoms with Crippen LogP contribution in [0.15, 0.2) is 0 Å². The van der Waals surface area contributed by atoms with Crippen molar-refractivity contribution in [1.82, 2.24) is 21.3 Å². The van der Waals surface area contributed by atoms with Crippen molar-refractivity contribution in [3.05, 3.63) is 0 Å². The van der Waals surface area contributed by atoms with Gasteiger partial charge in [0.1, 0.15) is 23.8 Å². The van der Waals surface area contributed by atoms with Crippen LogP contribution in [0.3, 0.4) is 0 Å². The minimum atomic E-state index is -4.79. The van der Waals surface area contributed by atoms with Gasteiger partial charge in [0.15, 0.2) is 0 Å². The SMILES string of the molecule is CCCCCCCCCCCC(=O)CC(=O)N[C@H](COCC[C@@H](CCCCCCC)OC(C)=O)COP(=O)(O)OCCNC(=O)NCCOP(=O)(O)OC[C@@H](COCC[C@@H](CCCCCCC)OC(=O)CCCCCCCCCCC)NC(=O)CC(=O)CCCCCCCCCCC.[H-].[H-].[Na+].[Na+]. The Balaban J connectivity index is -0.00000784. The molecule has 0 spiro atoms. The zero-order valence-electron chi connectivity index (χ0n) is 66.1. The molecule has 0 radical (unpaired) electrons. The average Bonchev–Trinajstić information content (AvgIpc) is 0.922. The first-order valence-electron chi connectivity index (χ1n) is 38.7. The van der Waals surface area contributed by atoms with Crippen molar-refractivity contribution in [2.45, 2.75) is 361 Å². The summed E-state index contributed by atoms with van der Waals surface area (Å²) in [6.45, 7) is 9.58. The molecule has 0 aromatic carbocycles. The van der Waals surface area contributed by atoms with E-state index in [0.29, 0.717) is 44.9 Å². The normalized spacial score (nSPS) is 13.7. The molecule has 0 saturated heterocycles. The van der Waals surface area contributed by atoms with Crippen LogP contribution in [0.4, 0.5) is 4.79 Å². The van der Waals surface area contributed by atoms with Crippen molar-refractivity contribution < 1.29 is 151 Å². The maximum absolute atomic E-state index is 13.2. The van der Waals surface area contributed by atoms with Crippen LogP contribution >= 0.6 is 15.6 Å². The third kappa shape index (κ3) is 70.9. The second kappa shape index (κ2) is 73.2. The van der Waals surface area contributed by atoms with E-state index in [0.717, 1.165) is 122 Å². The molecule has 4 amide bonds. The average molecular weight is 1490 g/mol. The first kappa shape index (κ1) is 103. The number of carbonyl (C=O) groups is 7. The number of phosphoric acid groups is 2. The summed E-state index contributed by atoms with van der Waals surface area (Å²) in [4.78, 5) is 111. The van der Waals surface area contributed by atoms with Gasteiger partial charge in [-0.3, -0.25) is 46.9 Å². The molecule has 6 atom stereocenters. The number of ether oxygens (including phenoxy) is 4. The maximum atomic E-state index is 13.2. The van der Waals surface area contributed by atoms with Gasteiger partial charge in [-0.1, -0.05) is 240 Å². The van der Waals surface area contributed by atoms with E-state index in [2.05, 4.69) is 55.9 Å². The monoisotopic (exact) mass is 1490 g/mol. The van der Waals surface area contributed by atoms with E-state index >= 15 is 0 Å². The van der Waals surface area contributed by atoms with E-state index in [1.54, 1.807) is 0 Å². The van der Waals surface area contributed by atoms with Gasteiger partial charge in [-0.25, -0.2) is 13.9 Å². The second-order valence-corrected chi connectivity index (χ2v) is 29.5. The van der Waals surface area contributed by atoms with Crippen LogP contribution in [0.2, 0.25) is 0 Å². The second-order valence-electron chi connectivity index (χ2n) is 26.5. The molecular weight excluding hydrogens is 1340 g/mol. The van der Waals surface area contributed by atoms with Crippen molar-refractivity contribution in [3.63, 3.8) is 0 Å². The van der Waals surface area contributed by atoms with E-state index in [1.807, 2.05) is 0 Å². The number of Topliss-reactive ketones (excluding diaryl/α,β-unsaturated/α-hetero) is 2. The number of esters is 2. The van der Waals surface area contributed by atoms with Crippen LogP contribution in [0, 0.1) is 0 Å². The molecule has 0 bridgehead atoms. The quantitative estimate of drug-likeness (QED) is 0.0108. The molecular formula is C73H142N4Na2O19P2. The van der Waals surface area contributed by atoms with E-state index in [-0.39, 0.29) is 157 Å². The van der Waals surface area contributed by atoms with Gasteiger partial charge >= 0.3 is 92.7 Å². The number of ketones is 2. The number of hydrogen-bond donors (Lipinski definition) is 6. The first-order valence-corrected chi connectivity index (χ1v) is 41.7. The van der Waals surface area contributed by atoms with Crippen LogP contribution in [-0.4, -0.2) is 141 Å². The molecule has 0 aliphatic carbocycles. The fourth-order valence-electron chi connectivity index (χ4n) is 11.2. The third-order valence-corrected chi connectivity index (χ3v) is 18.9. The molecule has 0 aromatic rings. The molecule has 580 valence electrons. The predicted molar refractivity (Wildman–Crippen MR) is 389 cm³/mol. The van der Waals surface area contributed by atoms with Gasteiger partial charge in [-0.15, -0.1) is 0 Å². The Morgan fingerprint density at radius 3 is 1.00 bits per heavy atom. The first-order chi connectivity index (χ1) is 47.3. The van der Waals surface area contributed by atoms with Crippen molar-refractivity contribution in [1.29, 1.82) is 0 Å². The summed E-state index contributed by atoms with van der Waals surface area (Å²) in [5, 5.41) is 10.2. The molecule has 0 aliphatic rings. The summed E-state index contributed by atoms with van der Waals surface area (Å²) in [6.07, 6.45) is 41.6. The van der Waals surface area contributed by atoms with E-state index in [1.165, 1.54) is 110 Å². The Hall–Kier alpha value is -1.37. The minimum Gasteiger partial charge on any atom is -1.00 e. The van der Waals surface area contributed by atoms with Gasteiger partial charge in [-0.05, 0) is 44.9 Å². The topological polar surface area (TPSA) is 316 Å². The minimum absolute atomic E-state index is 0. The Bertz CT molecular complexity index is 2120. The number of amides is 4. The number of unbranched alkanes of at least 4 members (excludes halogenated alkanes) is 32. The van der Waals surface area contributed by atoms with Crippen LogP contribution in [-0.2, 0) is 74.9 Å². The maximum Gasteiger partial charge on any atom is 1.00 e. The number of phosphoric ester groups is 2.